The molecular weight excluding hydrogens is 506 g/mol. The molecule has 0 amide bonds. The molecule has 3 aromatic rings. The topological polar surface area (TPSA) is 63.3 Å². The fraction of sp³-hybridized carbons (Fsp3) is 0.424. The Hall–Kier alpha value is -3.63. The van der Waals surface area contributed by atoms with Crippen LogP contribution < -0.4 is 16.0 Å². The first-order chi connectivity index (χ1) is 19.1. The molecule has 5 nitrogen and oxygen atoms in total. The molecule has 0 saturated heterocycles. The third kappa shape index (κ3) is 6.56. The van der Waals surface area contributed by atoms with Crippen molar-refractivity contribution >= 4 is 33.8 Å². The third-order valence-electron chi connectivity index (χ3n) is 7.64. The number of halogens is 2. The Labute approximate surface area is 236 Å². The summed E-state index contributed by atoms with van der Waals surface area (Å²) in [6, 6.07) is 8.48. The van der Waals surface area contributed by atoms with Crippen LogP contribution in [0.2, 0.25) is 0 Å². The van der Waals surface area contributed by atoms with Gasteiger partial charge in [-0.05, 0) is 68.9 Å². The predicted octanol–water partition coefficient (Wildman–Crippen LogP) is 7.27. The number of carbonyl (C=O) groups excluding carboxylic acids is 1. The molecule has 0 spiro atoms. The van der Waals surface area contributed by atoms with E-state index in [4.69, 9.17) is 12.2 Å². The van der Waals surface area contributed by atoms with Gasteiger partial charge in [-0.25, -0.2) is 8.78 Å². The van der Waals surface area contributed by atoms with Gasteiger partial charge in [-0.15, -0.1) is 12.3 Å². The second kappa shape index (κ2) is 12.7. The molecule has 7 heteroatoms. The second-order valence-electron chi connectivity index (χ2n) is 11.0. The molecule has 1 aromatic heterocycles. The van der Waals surface area contributed by atoms with E-state index in [1.807, 2.05) is 25.1 Å². The van der Waals surface area contributed by atoms with Gasteiger partial charge in [0.2, 0.25) is 0 Å². The Morgan fingerprint density at radius 3 is 2.60 bits per heavy atom. The van der Waals surface area contributed by atoms with Crippen LogP contribution >= 0.6 is 0 Å². The van der Waals surface area contributed by atoms with Crippen molar-refractivity contribution in [1.82, 2.24) is 4.57 Å². The minimum absolute atomic E-state index is 0.0252. The predicted molar refractivity (Wildman–Crippen MR) is 162 cm³/mol. The van der Waals surface area contributed by atoms with E-state index in [0.29, 0.717) is 35.5 Å². The van der Waals surface area contributed by atoms with E-state index >= 15 is 0 Å². The highest BCUT2D eigenvalue weighted by Crippen LogP contribution is 2.40. The summed E-state index contributed by atoms with van der Waals surface area (Å²) in [6.45, 7) is 12.3. The molecule has 212 valence electrons. The first-order valence-corrected chi connectivity index (χ1v) is 14.2. The third-order valence-corrected chi connectivity index (χ3v) is 7.64. The van der Waals surface area contributed by atoms with Crippen molar-refractivity contribution in [3.05, 3.63) is 65.4 Å². The average Bonchev–Trinajstić information content (AvgIpc) is 3.69. The summed E-state index contributed by atoms with van der Waals surface area (Å²) in [5, 5.41) is 4.07. The molecule has 1 atom stereocenters. The molecule has 1 unspecified atom stereocenters. The van der Waals surface area contributed by atoms with Crippen molar-refractivity contribution in [3.63, 3.8) is 0 Å². The van der Waals surface area contributed by atoms with Crippen molar-refractivity contribution in [1.29, 1.82) is 0 Å². The van der Waals surface area contributed by atoms with E-state index in [2.05, 4.69) is 34.2 Å². The van der Waals surface area contributed by atoms with Gasteiger partial charge in [-0.1, -0.05) is 26.3 Å². The second-order valence-corrected chi connectivity index (χ2v) is 11.0. The van der Waals surface area contributed by atoms with Crippen LogP contribution in [0.3, 0.4) is 0 Å². The van der Waals surface area contributed by atoms with Gasteiger partial charge in [0.15, 0.2) is 17.4 Å². The van der Waals surface area contributed by atoms with Crippen molar-refractivity contribution in [2.24, 2.45) is 11.7 Å². The van der Waals surface area contributed by atoms with Gasteiger partial charge in [-0.2, -0.15) is 0 Å². The van der Waals surface area contributed by atoms with Crippen LogP contribution in [0, 0.1) is 36.8 Å². The number of benzene rings is 2. The van der Waals surface area contributed by atoms with Crippen LogP contribution in [0.4, 0.5) is 20.2 Å². The summed E-state index contributed by atoms with van der Waals surface area (Å²) < 4.78 is 30.0. The summed E-state index contributed by atoms with van der Waals surface area (Å²) in [6.07, 6.45) is 11.6. The van der Waals surface area contributed by atoms with Crippen LogP contribution in [0.25, 0.3) is 16.6 Å². The van der Waals surface area contributed by atoms with Crippen LogP contribution in [0.5, 0.6) is 0 Å². The number of nitrogens with two attached hydrogens (primary N) is 1. The number of hydrogen-bond acceptors (Lipinski definition) is 4. The molecule has 2 aromatic carbocycles. The number of rotatable bonds is 9. The molecule has 1 aliphatic carbocycles. The molecule has 5 rings (SSSR count). The summed E-state index contributed by atoms with van der Waals surface area (Å²) in [5.74, 6) is 1.46. The zero-order valence-electron chi connectivity index (χ0n) is 23.8. The van der Waals surface area contributed by atoms with Gasteiger partial charge in [0, 0.05) is 49.1 Å². The number of carbonyl (C=O) groups is 1. The van der Waals surface area contributed by atoms with Gasteiger partial charge in [0.25, 0.3) is 0 Å². The highest BCUT2D eigenvalue weighted by molar-refractivity contribution is 5.99. The monoisotopic (exact) mass is 546 g/mol. The van der Waals surface area contributed by atoms with Crippen molar-refractivity contribution < 1.29 is 13.6 Å². The average molecular weight is 547 g/mol. The number of hydrogen-bond donors (Lipinski definition) is 2. The van der Waals surface area contributed by atoms with Crippen molar-refractivity contribution in [2.45, 2.75) is 71.9 Å². The Kier molecular flexibility index (Phi) is 9.32. The molecule has 0 bridgehead atoms. The summed E-state index contributed by atoms with van der Waals surface area (Å²) in [4.78, 5) is 14.1. The van der Waals surface area contributed by atoms with Crippen LogP contribution in [0.15, 0.2) is 36.9 Å². The molecule has 0 radical (unpaired) electrons. The fourth-order valence-corrected chi connectivity index (χ4v) is 5.27. The molecule has 2 aliphatic rings. The Bertz CT molecular complexity index is 1450. The lowest BCUT2D eigenvalue weighted by molar-refractivity contribution is 0.101. The number of fused-ring (bicyclic) bond motifs is 2. The maximum Gasteiger partial charge on any atom is 0.160 e. The minimum Gasteiger partial charge on any atom is -0.382 e. The Morgan fingerprint density at radius 2 is 1.95 bits per heavy atom. The maximum atomic E-state index is 14.0. The standard InChI is InChI=1S/C25H25F2N3O.C8H15N/c1-14-8-18(16(3)31)10-22-25(14)29(7-6-28-22)15(2)23-11-19-9-20(26)21(27)12-24(19)30(23)13-17-4-5-17;1-3-5-7-8(9)6-4-2/h8-12,17,28H,2,4-7,13H2,1,3H3;2,8H,3,5-7,9H2,1H3. The smallest absolute Gasteiger partial charge is 0.160 e. The van der Waals surface area contributed by atoms with Crippen LogP contribution in [-0.4, -0.2) is 29.5 Å². The lowest BCUT2D eigenvalue weighted by Gasteiger charge is -2.35. The van der Waals surface area contributed by atoms with Gasteiger partial charge < -0.3 is 20.5 Å². The number of unbranched alkanes of at least 4 members (excludes halogenated alkanes) is 1. The van der Waals surface area contributed by atoms with E-state index < -0.39 is 11.6 Å². The summed E-state index contributed by atoms with van der Waals surface area (Å²) in [7, 11) is 0. The quantitative estimate of drug-likeness (QED) is 0.219. The molecule has 40 heavy (non-hydrogen) atoms. The number of aryl methyl sites for hydroxylation is 1. The van der Waals surface area contributed by atoms with Crippen LogP contribution in [0.1, 0.15) is 74.0 Å². The van der Waals surface area contributed by atoms with Crippen molar-refractivity contribution in [3.8, 4) is 12.3 Å². The first-order valence-electron chi connectivity index (χ1n) is 14.2. The van der Waals surface area contributed by atoms with E-state index in [1.54, 1.807) is 6.92 Å². The Morgan fingerprint density at radius 1 is 1.23 bits per heavy atom. The number of terminal acetylenes is 1. The molecule has 1 saturated carbocycles. The highest BCUT2D eigenvalue weighted by Gasteiger charge is 2.28. The molecule has 3 N–H and O–H groups in total. The number of Topliss-reactive ketones (excluding diaryl/α,β-unsaturated/α-hetero) is 1. The highest BCUT2D eigenvalue weighted by atomic mass is 19.2. The van der Waals surface area contributed by atoms with E-state index in [-0.39, 0.29) is 11.8 Å². The van der Waals surface area contributed by atoms with Crippen molar-refractivity contribution in [2.75, 3.05) is 23.3 Å². The number of nitrogens with zero attached hydrogens (tertiary/aromatic N) is 2. The van der Waals surface area contributed by atoms with E-state index in [0.717, 1.165) is 60.6 Å². The number of ketones is 1. The normalized spacial score (nSPS) is 15.0. The van der Waals surface area contributed by atoms with Gasteiger partial charge in [0.05, 0.1) is 28.3 Å². The van der Waals surface area contributed by atoms with E-state index in [9.17, 15) is 13.6 Å². The Balaban J connectivity index is 0.000000357. The van der Waals surface area contributed by atoms with Gasteiger partial charge in [-0.3, -0.25) is 4.79 Å². The number of nitrogens with one attached hydrogen (secondary N) is 1. The molecular formula is C33H40F2N4O. The van der Waals surface area contributed by atoms with Gasteiger partial charge >= 0.3 is 0 Å². The zero-order chi connectivity index (χ0) is 29.0. The summed E-state index contributed by atoms with van der Waals surface area (Å²) >= 11 is 0. The summed E-state index contributed by atoms with van der Waals surface area (Å²) in [5.41, 5.74) is 11.5. The maximum absolute atomic E-state index is 14.0. The number of aromatic nitrogens is 1. The van der Waals surface area contributed by atoms with E-state index in [1.165, 1.54) is 25.0 Å². The molecule has 2 heterocycles. The van der Waals surface area contributed by atoms with Gasteiger partial charge in [0.1, 0.15) is 0 Å². The largest absolute Gasteiger partial charge is 0.382 e. The first kappa shape index (κ1) is 29.4. The SMILES string of the molecule is C#CCC(N)CCCC.C=C(c1cc2cc(F)c(F)cc2n1CC1CC1)N1CCNc2cc(C(C)=O)cc(C)c21. The lowest BCUT2D eigenvalue weighted by atomic mass is 10.0. The molecule has 1 fully saturated rings. The zero-order valence-corrected chi connectivity index (χ0v) is 23.8. The fourth-order valence-electron chi connectivity index (χ4n) is 5.27. The minimum atomic E-state index is -0.839. The molecule has 1 aliphatic heterocycles. The van der Waals surface area contributed by atoms with Crippen LogP contribution in [-0.2, 0) is 6.54 Å². The number of anilines is 2. The lowest BCUT2D eigenvalue weighted by Crippen LogP contribution is -2.34.